The summed E-state index contributed by atoms with van der Waals surface area (Å²) in [5.41, 5.74) is 0. The summed E-state index contributed by atoms with van der Waals surface area (Å²) in [5, 5.41) is 129. The number of nitrogens with one attached hydrogen (secondary N) is 2. The predicted molar refractivity (Wildman–Crippen MR) is 157 cm³/mol. The molecule has 0 bridgehead atoms. The van der Waals surface area contributed by atoms with Crippen LogP contribution < -0.4 is 10.6 Å². The zero-order valence-electron chi connectivity index (χ0n) is 27.4. The number of hydrogen-bond acceptors (Lipinski definition) is 21. The summed E-state index contributed by atoms with van der Waals surface area (Å²) < 4.78 is 39.4. The fraction of sp³-hybridized carbons (Fsp3) is 0.929. The second-order valence-corrected chi connectivity index (χ2v) is 12.6. The van der Waals surface area contributed by atoms with E-state index in [0.29, 0.717) is 0 Å². The second-order valence-electron chi connectivity index (χ2n) is 12.6. The van der Waals surface area contributed by atoms with Crippen molar-refractivity contribution in [1.82, 2.24) is 10.6 Å². The lowest BCUT2D eigenvalue weighted by Crippen LogP contribution is -2.71. The maximum Gasteiger partial charge on any atom is 0.217 e. The molecule has 51 heavy (non-hydrogen) atoms. The quantitative estimate of drug-likeness (QED) is 0.0881. The van der Waals surface area contributed by atoms with Crippen LogP contribution in [0.25, 0.3) is 0 Å². The van der Waals surface area contributed by atoms with Crippen LogP contribution in [0.5, 0.6) is 0 Å². The second kappa shape index (κ2) is 18.0. The van der Waals surface area contributed by atoms with E-state index in [4.69, 9.17) is 33.2 Å². The molecule has 4 aliphatic heterocycles. The summed E-state index contributed by atoms with van der Waals surface area (Å²) >= 11 is 0. The van der Waals surface area contributed by atoms with Crippen LogP contribution in [0.15, 0.2) is 0 Å². The molecule has 0 unspecified atom stereocenters. The summed E-state index contributed by atoms with van der Waals surface area (Å²) in [6.45, 7) is -1.29. The summed E-state index contributed by atoms with van der Waals surface area (Å²) in [6.07, 6.45) is -31.4. The molecule has 0 aromatic carbocycles. The van der Waals surface area contributed by atoms with E-state index < -0.39 is 161 Å². The Balaban J connectivity index is 1.62. The Hall–Kier alpha value is -1.82. The van der Waals surface area contributed by atoms with Crippen LogP contribution in [0.1, 0.15) is 13.8 Å². The van der Waals surface area contributed by atoms with Gasteiger partial charge in [0.25, 0.3) is 0 Å². The van der Waals surface area contributed by atoms with Gasteiger partial charge in [-0.25, -0.2) is 0 Å². The van der Waals surface area contributed by atoms with Crippen molar-refractivity contribution >= 4 is 11.8 Å². The van der Waals surface area contributed by atoms with E-state index in [2.05, 4.69) is 10.6 Å². The number of hydrogen-bond donors (Lipinski definition) is 14. The highest BCUT2D eigenvalue weighted by Crippen LogP contribution is 2.34. The molecule has 4 heterocycles. The van der Waals surface area contributed by atoms with E-state index in [1.807, 2.05) is 0 Å². The Bertz CT molecular complexity index is 1140. The van der Waals surface area contributed by atoms with Crippen LogP contribution in [0.3, 0.4) is 0 Å². The number of rotatable bonds is 12. The molecule has 4 aliphatic rings. The summed E-state index contributed by atoms with van der Waals surface area (Å²) in [6, 6.07) is -3.19. The fourth-order valence-electron chi connectivity index (χ4n) is 6.34. The van der Waals surface area contributed by atoms with Gasteiger partial charge in [-0.05, 0) is 0 Å². The SMILES string of the molecule is CC(=O)N[C@H]1[C@H](O[C@H]2[C@@H](O)[C@H](O)[C@@H](CO)O[C@@H]2O)O[C@H](CO)[C@@H](O[C@@H]2O[C@H](CO)[C@H](O)[C@H](O[C@@H]3O[C@H](CO)[C@H](O)[C@H](O)[C@H]3O)[C@H]2NC(C)=O)[C@@H]1O. The van der Waals surface area contributed by atoms with Crippen molar-refractivity contribution in [2.75, 3.05) is 26.4 Å². The first-order valence-electron chi connectivity index (χ1n) is 16.1. The van der Waals surface area contributed by atoms with Gasteiger partial charge in [-0.3, -0.25) is 9.59 Å². The van der Waals surface area contributed by atoms with E-state index in [9.17, 15) is 70.9 Å². The first kappa shape index (κ1) is 41.9. The number of carbonyl (C=O) groups is 2. The third-order valence-electron chi connectivity index (χ3n) is 9.01. The zero-order valence-corrected chi connectivity index (χ0v) is 27.4. The fourth-order valence-corrected chi connectivity index (χ4v) is 6.34. The van der Waals surface area contributed by atoms with Gasteiger partial charge in [0.1, 0.15) is 97.5 Å². The Morgan fingerprint density at radius 2 is 0.902 bits per heavy atom. The maximum absolute atomic E-state index is 12.4. The Labute approximate surface area is 289 Å². The number of ether oxygens (including phenoxy) is 7. The van der Waals surface area contributed by atoms with Crippen LogP contribution >= 0.6 is 0 Å². The predicted octanol–water partition coefficient (Wildman–Crippen LogP) is -9.46. The minimum Gasteiger partial charge on any atom is -0.394 e. The van der Waals surface area contributed by atoms with Gasteiger partial charge in [0, 0.05) is 13.8 Å². The van der Waals surface area contributed by atoms with Crippen LogP contribution in [0.4, 0.5) is 0 Å². The zero-order chi connectivity index (χ0) is 37.9. The van der Waals surface area contributed by atoms with Crippen LogP contribution in [-0.2, 0) is 42.7 Å². The minimum absolute atomic E-state index is 0.750. The lowest BCUT2D eigenvalue weighted by atomic mass is 9.93. The molecular weight excluding hydrogens is 700 g/mol. The van der Waals surface area contributed by atoms with Crippen molar-refractivity contribution in [3.8, 4) is 0 Å². The van der Waals surface area contributed by atoms with Gasteiger partial charge in [0.15, 0.2) is 25.2 Å². The van der Waals surface area contributed by atoms with Crippen molar-refractivity contribution in [3.05, 3.63) is 0 Å². The van der Waals surface area contributed by atoms with E-state index in [1.54, 1.807) is 0 Å². The molecule has 2 amide bonds. The molecule has 0 aromatic heterocycles. The molecule has 14 N–H and O–H groups in total. The van der Waals surface area contributed by atoms with E-state index in [-0.39, 0.29) is 0 Å². The molecule has 23 heteroatoms. The van der Waals surface area contributed by atoms with Crippen molar-refractivity contribution in [2.45, 2.75) is 137 Å². The normalized spacial score (nSPS) is 47.8. The van der Waals surface area contributed by atoms with Gasteiger partial charge in [-0.1, -0.05) is 0 Å². The monoisotopic (exact) mass is 748 g/mol. The number of amides is 2. The average Bonchev–Trinajstić information content (AvgIpc) is 3.09. The van der Waals surface area contributed by atoms with Crippen molar-refractivity contribution in [1.29, 1.82) is 0 Å². The third kappa shape index (κ3) is 9.11. The highest BCUT2D eigenvalue weighted by molar-refractivity contribution is 5.73. The summed E-state index contributed by atoms with van der Waals surface area (Å²) in [4.78, 5) is 24.6. The lowest BCUT2D eigenvalue weighted by molar-refractivity contribution is -0.371. The highest BCUT2D eigenvalue weighted by Gasteiger charge is 2.56. The molecule has 0 saturated carbocycles. The molecule has 0 aromatic rings. The summed E-state index contributed by atoms with van der Waals surface area (Å²) in [7, 11) is 0. The molecule has 0 spiro atoms. The smallest absolute Gasteiger partial charge is 0.217 e. The van der Waals surface area contributed by atoms with E-state index in [1.165, 1.54) is 0 Å². The molecule has 4 saturated heterocycles. The third-order valence-corrected chi connectivity index (χ3v) is 9.01. The lowest BCUT2D eigenvalue weighted by Gasteiger charge is -2.50. The van der Waals surface area contributed by atoms with Gasteiger partial charge < -0.3 is 105 Å². The van der Waals surface area contributed by atoms with Gasteiger partial charge in [0.05, 0.1) is 26.4 Å². The number of carbonyl (C=O) groups excluding carboxylic acids is 2. The standard InChI is InChI=1S/C28H48N2O21/c1-7(35)29-13-18(40)22(12(6-34)48-26(13)51-24-20(42)16(38)9(3-31)45-25(24)44)49-27-14(30-8(2)36)23(17(39)11(5-33)46-27)50-28-21(43)19(41)15(37)10(4-32)47-28/h9-28,31-34,37-44H,3-6H2,1-2H3,(H,29,35)(H,30,36)/t9-,10-,11-,12-,13-,14-,15+,16-,17+,18-,19+,20+,21-,22-,23-,24+,25+,26+,27+,28+/m1/s1. The van der Waals surface area contributed by atoms with E-state index >= 15 is 0 Å². The molecular formula is C28H48N2O21. The van der Waals surface area contributed by atoms with Crippen molar-refractivity contribution in [3.63, 3.8) is 0 Å². The molecule has 4 rings (SSSR count). The first-order valence-corrected chi connectivity index (χ1v) is 16.1. The number of aliphatic hydroxyl groups is 12. The Morgan fingerprint density at radius 3 is 1.47 bits per heavy atom. The first-order chi connectivity index (χ1) is 24.1. The summed E-state index contributed by atoms with van der Waals surface area (Å²) in [5.74, 6) is -1.50. The molecule has 0 radical (unpaired) electrons. The molecule has 4 fully saturated rings. The van der Waals surface area contributed by atoms with Gasteiger partial charge in [0.2, 0.25) is 11.8 Å². The minimum atomic E-state index is -1.95. The van der Waals surface area contributed by atoms with Crippen LogP contribution in [-0.4, -0.2) is 222 Å². The van der Waals surface area contributed by atoms with Gasteiger partial charge >= 0.3 is 0 Å². The molecule has 296 valence electrons. The Kier molecular flexibility index (Phi) is 14.8. The molecule has 20 atom stereocenters. The van der Waals surface area contributed by atoms with Crippen LogP contribution in [0, 0.1) is 0 Å². The van der Waals surface area contributed by atoms with Crippen LogP contribution in [0.2, 0.25) is 0 Å². The highest BCUT2D eigenvalue weighted by atomic mass is 16.8. The topological polar surface area (TPSA) is 366 Å². The molecule has 0 aliphatic carbocycles. The maximum atomic E-state index is 12.4. The average molecular weight is 749 g/mol. The van der Waals surface area contributed by atoms with E-state index in [0.717, 1.165) is 13.8 Å². The van der Waals surface area contributed by atoms with Gasteiger partial charge in [-0.15, -0.1) is 0 Å². The molecule has 23 nitrogen and oxygen atoms in total. The van der Waals surface area contributed by atoms with Gasteiger partial charge in [-0.2, -0.15) is 0 Å². The Morgan fingerprint density at radius 1 is 0.471 bits per heavy atom. The largest absolute Gasteiger partial charge is 0.394 e. The van der Waals surface area contributed by atoms with Crippen molar-refractivity contribution < 1.29 is 104 Å². The van der Waals surface area contributed by atoms with Crippen molar-refractivity contribution in [2.24, 2.45) is 0 Å². The number of aliphatic hydroxyl groups excluding tert-OH is 12.